The summed E-state index contributed by atoms with van der Waals surface area (Å²) in [6.45, 7) is 11.6. The summed E-state index contributed by atoms with van der Waals surface area (Å²) in [6.07, 6.45) is 2.61. The summed E-state index contributed by atoms with van der Waals surface area (Å²) in [5.74, 6) is 0.218. The van der Waals surface area contributed by atoms with E-state index in [0.717, 1.165) is 12.8 Å². The summed E-state index contributed by atoms with van der Waals surface area (Å²) in [7, 11) is -1.47. The molecule has 0 heterocycles. The van der Waals surface area contributed by atoms with Crippen LogP contribution in [0.1, 0.15) is 33.1 Å². The molecule has 0 aromatic carbocycles. The van der Waals surface area contributed by atoms with Gasteiger partial charge in [0.25, 0.3) is 0 Å². The van der Waals surface area contributed by atoms with Gasteiger partial charge in [0, 0.05) is 6.61 Å². The highest BCUT2D eigenvalue weighted by molar-refractivity contribution is 6.69. The zero-order valence-corrected chi connectivity index (χ0v) is 12.3. The van der Waals surface area contributed by atoms with E-state index in [1.54, 1.807) is 0 Å². The lowest BCUT2D eigenvalue weighted by Gasteiger charge is -2.22. The van der Waals surface area contributed by atoms with Gasteiger partial charge in [0.1, 0.15) is 0 Å². The summed E-state index contributed by atoms with van der Waals surface area (Å²) in [5.41, 5.74) is 0. The molecule has 1 atom stereocenters. The van der Waals surface area contributed by atoms with Gasteiger partial charge in [-0.2, -0.15) is 0 Å². The van der Waals surface area contributed by atoms with Gasteiger partial charge in [-0.25, -0.2) is 0 Å². The summed E-state index contributed by atoms with van der Waals surface area (Å²) in [4.78, 5) is 11.4. The summed E-state index contributed by atoms with van der Waals surface area (Å²) in [5, 5.41) is 0. The first-order valence-corrected chi connectivity index (χ1v) is 9.59. The lowest BCUT2D eigenvalue weighted by molar-refractivity contribution is -0.144. The monoisotopic (exact) mass is 246 g/mol. The molecule has 0 saturated heterocycles. The highest BCUT2D eigenvalue weighted by atomic mass is 28.4. The van der Waals surface area contributed by atoms with Crippen molar-refractivity contribution in [3.63, 3.8) is 0 Å². The van der Waals surface area contributed by atoms with Crippen LogP contribution in [0.3, 0.4) is 0 Å². The van der Waals surface area contributed by atoms with Crippen LogP contribution in [0.25, 0.3) is 0 Å². The Labute approximate surface area is 101 Å². The van der Waals surface area contributed by atoms with Crippen molar-refractivity contribution in [2.45, 2.75) is 52.8 Å². The second-order valence-corrected chi connectivity index (χ2v) is 9.60. The third-order valence-electron chi connectivity index (χ3n) is 2.21. The lowest BCUT2D eigenvalue weighted by Crippen LogP contribution is -2.29. The molecule has 0 rings (SSSR count). The molecule has 0 bridgehead atoms. The van der Waals surface area contributed by atoms with Crippen LogP contribution in [0, 0.1) is 5.92 Å². The maximum atomic E-state index is 11.4. The second-order valence-electron chi connectivity index (χ2n) is 5.09. The Morgan fingerprint density at radius 1 is 1.25 bits per heavy atom. The average molecular weight is 246 g/mol. The standard InChI is InChI=1S/C12H26O3Si/c1-6-8-11(9-12(13)14-7-2)10-15-16(3,4)5/h11H,6-10H2,1-5H3. The van der Waals surface area contributed by atoms with Crippen molar-refractivity contribution in [1.29, 1.82) is 0 Å². The van der Waals surface area contributed by atoms with E-state index in [1.807, 2.05) is 6.92 Å². The van der Waals surface area contributed by atoms with E-state index in [2.05, 4.69) is 26.6 Å². The van der Waals surface area contributed by atoms with Crippen LogP contribution < -0.4 is 0 Å². The SMILES string of the molecule is CCCC(CO[Si](C)(C)C)CC(=O)OCC. The van der Waals surface area contributed by atoms with Crippen LogP contribution in [0.2, 0.25) is 19.6 Å². The molecule has 0 N–H and O–H groups in total. The van der Waals surface area contributed by atoms with E-state index < -0.39 is 8.32 Å². The largest absolute Gasteiger partial charge is 0.466 e. The Morgan fingerprint density at radius 3 is 2.31 bits per heavy atom. The Hall–Kier alpha value is -0.353. The quantitative estimate of drug-likeness (QED) is 0.487. The number of ether oxygens (including phenoxy) is 1. The first-order chi connectivity index (χ1) is 7.39. The van der Waals surface area contributed by atoms with Gasteiger partial charge < -0.3 is 9.16 Å². The van der Waals surface area contributed by atoms with Crippen LogP contribution in [-0.2, 0) is 14.0 Å². The van der Waals surface area contributed by atoms with Gasteiger partial charge in [-0.1, -0.05) is 13.3 Å². The summed E-state index contributed by atoms with van der Waals surface area (Å²) < 4.78 is 10.8. The number of carbonyl (C=O) groups excluding carboxylic acids is 1. The molecule has 3 nitrogen and oxygen atoms in total. The maximum Gasteiger partial charge on any atom is 0.306 e. The fourth-order valence-corrected chi connectivity index (χ4v) is 2.21. The third kappa shape index (κ3) is 8.92. The minimum Gasteiger partial charge on any atom is -0.466 e. The summed E-state index contributed by atoms with van der Waals surface area (Å²) >= 11 is 0. The van der Waals surface area contributed by atoms with E-state index in [0.29, 0.717) is 25.6 Å². The number of rotatable bonds is 8. The number of hydrogen-bond donors (Lipinski definition) is 0. The molecule has 0 saturated carbocycles. The van der Waals surface area contributed by atoms with Crippen LogP contribution >= 0.6 is 0 Å². The van der Waals surface area contributed by atoms with E-state index in [4.69, 9.17) is 9.16 Å². The molecule has 4 heteroatoms. The molecule has 0 aromatic rings. The van der Waals surface area contributed by atoms with Crippen LogP contribution in [0.15, 0.2) is 0 Å². The number of carbonyl (C=O) groups is 1. The van der Waals surface area contributed by atoms with E-state index in [1.165, 1.54) is 0 Å². The molecule has 0 amide bonds. The fraction of sp³-hybridized carbons (Fsp3) is 0.917. The molecule has 0 aliphatic heterocycles. The zero-order chi connectivity index (χ0) is 12.6. The molecular formula is C12H26O3Si. The van der Waals surface area contributed by atoms with Gasteiger partial charge in [0.15, 0.2) is 8.32 Å². The van der Waals surface area contributed by atoms with Gasteiger partial charge in [-0.05, 0) is 38.9 Å². The Morgan fingerprint density at radius 2 is 1.88 bits per heavy atom. The molecule has 0 spiro atoms. The van der Waals surface area contributed by atoms with Crippen molar-refractivity contribution in [3.8, 4) is 0 Å². The van der Waals surface area contributed by atoms with Crippen LogP contribution in [0.4, 0.5) is 0 Å². The minimum atomic E-state index is -1.47. The Bertz CT molecular complexity index is 199. The Balaban J connectivity index is 4.01. The molecule has 1 unspecified atom stereocenters. The van der Waals surface area contributed by atoms with E-state index in [9.17, 15) is 4.79 Å². The van der Waals surface area contributed by atoms with Crippen LogP contribution in [0.5, 0.6) is 0 Å². The molecule has 0 aliphatic rings. The van der Waals surface area contributed by atoms with Gasteiger partial charge in [-0.3, -0.25) is 4.79 Å². The first kappa shape index (κ1) is 15.6. The average Bonchev–Trinajstić information content (AvgIpc) is 2.14. The van der Waals surface area contributed by atoms with Gasteiger partial charge >= 0.3 is 5.97 Å². The number of esters is 1. The normalized spacial score (nSPS) is 13.6. The predicted octanol–water partition coefficient (Wildman–Crippen LogP) is 3.21. The van der Waals surface area contributed by atoms with Crippen LogP contribution in [-0.4, -0.2) is 27.5 Å². The molecule has 0 aliphatic carbocycles. The highest BCUT2D eigenvalue weighted by Gasteiger charge is 2.19. The molecule has 96 valence electrons. The summed E-state index contributed by atoms with van der Waals surface area (Å²) in [6, 6.07) is 0. The Kier molecular flexibility index (Phi) is 7.67. The van der Waals surface area contributed by atoms with Crippen molar-refractivity contribution in [2.75, 3.05) is 13.2 Å². The smallest absolute Gasteiger partial charge is 0.306 e. The van der Waals surface area contributed by atoms with E-state index >= 15 is 0 Å². The maximum absolute atomic E-state index is 11.4. The second kappa shape index (κ2) is 7.85. The van der Waals surface area contributed by atoms with Gasteiger partial charge in [0.05, 0.1) is 13.0 Å². The third-order valence-corrected chi connectivity index (χ3v) is 3.24. The van der Waals surface area contributed by atoms with Gasteiger partial charge in [-0.15, -0.1) is 0 Å². The number of hydrogen-bond acceptors (Lipinski definition) is 3. The fourth-order valence-electron chi connectivity index (χ4n) is 1.48. The van der Waals surface area contributed by atoms with Crippen molar-refractivity contribution < 1.29 is 14.0 Å². The van der Waals surface area contributed by atoms with Crippen molar-refractivity contribution in [2.24, 2.45) is 5.92 Å². The molecule has 0 aromatic heterocycles. The molecule has 0 fully saturated rings. The van der Waals surface area contributed by atoms with Gasteiger partial charge in [0.2, 0.25) is 0 Å². The highest BCUT2D eigenvalue weighted by Crippen LogP contribution is 2.15. The van der Waals surface area contributed by atoms with Crippen molar-refractivity contribution in [3.05, 3.63) is 0 Å². The van der Waals surface area contributed by atoms with E-state index in [-0.39, 0.29) is 5.97 Å². The lowest BCUT2D eigenvalue weighted by atomic mass is 10.0. The topological polar surface area (TPSA) is 35.5 Å². The first-order valence-electron chi connectivity index (χ1n) is 6.18. The molecule has 16 heavy (non-hydrogen) atoms. The zero-order valence-electron chi connectivity index (χ0n) is 11.3. The molecular weight excluding hydrogens is 220 g/mol. The molecule has 0 radical (unpaired) electrons. The van der Waals surface area contributed by atoms with Crippen molar-refractivity contribution >= 4 is 14.3 Å². The minimum absolute atomic E-state index is 0.0971. The predicted molar refractivity (Wildman–Crippen MR) is 68.9 cm³/mol. The van der Waals surface area contributed by atoms with Crippen molar-refractivity contribution in [1.82, 2.24) is 0 Å².